The number of nitrogens with zero attached hydrogens (tertiary/aromatic N) is 1. The molecular weight excluding hydrogens is 259 g/mol. The lowest BCUT2D eigenvalue weighted by Gasteiger charge is -2.17. The van der Waals surface area contributed by atoms with Crippen LogP contribution in [0.2, 0.25) is 0 Å². The van der Waals surface area contributed by atoms with Gasteiger partial charge in [-0.15, -0.1) is 0 Å². The van der Waals surface area contributed by atoms with Crippen molar-refractivity contribution in [2.45, 2.75) is 26.8 Å². The Morgan fingerprint density at radius 1 is 1.35 bits per heavy atom. The van der Waals surface area contributed by atoms with Gasteiger partial charge in [0.1, 0.15) is 5.82 Å². The molecule has 1 aromatic carbocycles. The highest BCUT2D eigenvalue weighted by Gasteiger charge is 2.08. The minimum atomic E-state index is -1.03. The Bertz CT molecular complexity index is 434. The number of aromatic carboxylic acids is 1. The predicted molar refractivity (Wildman–Crippen MR) is 77.5 cm³/mol. The van der Waals surface area contributed by atoms with Gasteiger partial charge in [0.2, 0.25) is 0 Å². The summed E-state index contributed by atoms with van der Waals surface area (Å²) in [6, 6.07) is 3.87. The summed E-state index contributed by atoms with van der Waals surface area (Å²) in [7, 11) is 0. The van der Waals surface area contributed by atoms with Gasteiger partial charge in [-0.2, -0.15) is 0 Å². The Kier molecular flexibility index (Phi) is 7.18. The maximum Gasteiger partial charge on any atom is 0.335 e. The molecule has 0 radical (unpaired) electrons. The van der Waals surface area contributed by atoms with Crippen molar-refractivity contribution in [1.82, 2.24) is 10.2 Å². The SMILES string of the molecule is CCN(CC)CCCNCc1cc(C(=O)O)ccc1F. The van der Waals surface area contributed by atoms with E-state index in [1.807, 2.05) is 0 Å². The van der Waals surface area contributed by atoms with Gasteiger partial charge < -0.3 is 15.3 Å². The standard InChI is InChI=1S/C15H23FN2O2/c1-3-18(4-2)9-5-8-17-11-13-10-12(15(19)20)6-7-14(13)16/h6-7,10,17H,3-5,8-9,11H2,1-2H3,(H,19,20). The van der Waals surface area contributed by atoms with E-state index in [-0.39, 0.29) is 11.4 Å². The summed E-state index contributed by atoms with van der Waals surface area (Å²) in [5.74, 6) is -1.40. The van der Waals surface area contributed by atoms with Crippen LogP contribution in [0.1, 0.15) is 36.2 Å². The second-order valence-corrected chi connectivity index (χ2v) is 4.67. The van der Waals surface area contributed by atoms with Crippen LogP contribution in [0.15, 0.2) is 18.2 Å². The number of nitrogens with one attached hydrogen (secondary N) is 1. The van der Waals surface area contributed by atoms with Crippen molar-refractivity contribution in [1.29, 1.82) is 0 Å². The number of halogens is 1. The van der Waals surface area contributed by atoms with Gasteiger partial charge in [-0.3, -0.25) is 0 Å². The Morgan fingerprint density at radius 3 is 2.65 bits per heavy atom. The summed E-state index contributed by atoms with van der Waals surface area (Å²) in [4.78, 5) is 13.2. The topological polar surface area (TPSA) is 52.6 Å². The first-order valence-electron chi connectivity index (χ1n) is 7.03. The van der Waals surface area contributed by atoms with Crippen LogP contribution in [0.25, 0.3) is 0 Å². The van der Waals surface area contributed by atoms with Crippen molar-refractivity contribution in [3.63, 3.8) is 0 Å². The van der Waals surface area contributed by atoms with Crippen molar-refractivity contribution in [2.75, 3.05) is 26.2 Å². The van der Waals surface area contributed by atoms with E-state index >= 15 is 0 Å². The average molecular weight is 282 g/mol. The highest BCUT2D eigenvalue weighted by molar-refractivity contribution is 5.87. The average Bonchev–Trinajstić information content (AvgIpc) is 2.44. The fourth-order valence-electron chi connectivity index (χ4n) is 2.03. The molecule has 20 heavy (non-hydrogen) atoms. The fourth-order valence-corrected chi connectivity index (χ4v) is 2.03. The first-order chi connectivity index (χ1) is 9.58. The normalized spacial score (nSPS) is 11.0. The van der Waals surface area contributed by atoms with Crippen LogP contribution in [0.4, 0.5) is 4.39 Å². The minimum absolute atomic E-state index is 0.117. The van der Waals surface area contributed by atoms with Crippen LogP contribution >= 0.6 is 0 Å². The van der Waals surface area contributed by atoms with Gasteiger partial charge >= 0.3 is 5.97 Å². The molecule has 0 saturated heterocycles. The Labute approximate surface area is 119 Å². The zero-order valence-corrected chi connectivity index (χ0v) is 12.2. The molecule has 0 fully saturated rings. The van der Waals surface area contributed by atoms with E-state index < -0.39 is 5.97 Å². The fraction of sp³-hybridized carbons (Fsp3) is 0.533. The molecule has 0 saturated carbocycles. The number of hydrogen-bond donors (Lipinski definition) is 2. The monoisotopic (exact) mass is 282 g/mol. The Balaban J connectivity index is 2.38. The molecule has 0 bridgehead atoms. The van der Waals surface area contributed by atoms with Crippen LogP contribution in [-0.4, -0.2) is 42.2 Å². The zero-order valence-electron chi connectivity index (χ0n) is 12.2. The molecule has 0 unspecified atom stereocenters. The summed E-state index contributed by atoms with van der Waals surface area (Å²) < 4.78 is 13.5. The van der Waals surface area contributed by atoms with E-state index in [2.05, 4.69) is 24.1 Å². The van der Waals surface area contributed by atoms with Gasteiger partial charge in [0.15, 0.2) is 0 Å². The molecule has 0 aliphatic carbocycles. The molecule has 5 heteroatoms. The molecule has 0 spiro atoms. The van der Waals surface area contributed by atoms with Crippen molar-refractivity contribution in [2.24, 2.45) is 0 Å². The summed E-state index contributed by atoms with van der Waals surface area (Å²) in [6.45, 7) is 8.47. The first-order valence-corrected chi connectivity index (χ1v) is 7.03. The number of hydrogen-bond acceptors (Lipinski definition) is 3. The second kappa shape index (κ2) is 8.66. The van der Waals surface area contributed by atoms with E-state index in [1.165, 1.54) is 18.2 Å². The molecule has 112 valence electrons. The van der Waals surface area contributed by atoms with Gasteiger partial charge in [-0.05, 0) is 50.8 Å². The van der Waals surface area contributed by atoms with Gasteiger partial charge in [0.25, 0.3) is 0 Å². The summed E-state index contributed by atoms with van der Waals surface area (Å²) in [5.41, 5.74) is 0.513. The predicted octanol–water partition coefficient (Wildman–Crippen LogP) is 2.35. The largest absolute Gasteiger partial charge is 0.478 e. The molecule has 2 N–H and O–H groups in total. The lowest BCUT2D eigenvalue weighted by atomic mass is 10.1. The molecule has 0 heterocycles. The van der Waals surface area contributed by atoms with Crippen LogP contribution in [0, 0.1) is 5.82 Å². The van der Waals surface area contributed by atoms with Gasteiger partial charge in [-0.1, -0.05) is 13.8 Å². The molecular formula is C15H23FN2O2. The smallest absolute Gasteiger partial charge is 0.335 e. The first kappa shape index (κ1) is 16.6. The van der Waals surface area contributed by atoms with E-state index in [1.54, 1.807) is 0 Å². The van der Waals surface area contributed by atoms with Crippen LogP contribution in [0.3, 0.4) is 0 Å². The summed E-state index contributed by atoms with van der Waals surface area (Å²) in [5, 5.41) is 12.0. The lowest BCUT2D eigenvalue weighted by molar-refractivity contribution is 0.0696. The highest BCUT2D eigenvalue weighted by atomic mass is 19.1. The maximum absolute atomic E-state index is 13.5. The van der Waals surface area contributed by atoms with Crippen LogP contribution < -0.4 is 5.32 Å². The quantitative estimate of drug-likeness (QED) is 0.683. The molecule has 0 atom stereocenters. The lowest BCUT2D eigenvalue weighted by Crippen LogP contribution is -2.27. The highest BCUT2D eigenvalue weighted by Crippen LogP contribution is 2.10. The summed E-state index contributed by atoms with van der Waals surface area (Å²) in [6.07, 6.45) is 0.988. The van der Waals surface area contributed by atoms with Gasteiger partial charge in [0, 0.05) is 12.1 Å². The molecule has 0 aliphatic rings. The van der Waals surface area contributed by atoms with E-state index in [9.17, 15) is 9.18 Å². The molecule has 4 nitrogen and oxygen atoms in total. The Hall–Kier alpha value is -1.46. The molecule has 1 rings (SSSR count). The van der Waals surface area contributed by atoms with Gasteiger partial charge in [0.05, 0.1) is 5.56 Å². The molecule has 0 aromatic heterocycles. The molecule has 1 aromatic rings. The number of benzene rings is 1. The van der Waals surface area contributed by atoms with Gasteiger partial charge in [-0.25, -0.2) is 9.18 Å². The Morgan fingerprint density at radius 2 is 2.05 bits per heavy atom. The third-order valence-corrected chi connectivity index (χ3v) is 3.33. The maximum atomic E-state index is 13.5. The second-order valence-electron chi connectivity index (χ2n) is 4.67. The number of carboxylic acid groups (broad SMARTS) is 1. The third kappa shape index (κ3) is 5.27. The summed E-state index contributed by atoms with van der Waals surface area (Å²) >= 11 is 0. The molecule has 0 aliphatic heterocycles. The van der Waals surface area contributed by atoms with Crippen molar-refractivity contribution < 1.29 is 14.3 Å². The number of carboxylic acids is 1. The van der Waals surface area contributed by atoms with Crippen LogP contribution in [-0.2, 0) is 6.54 Å². The van der Waals surface area contributed by atoms with Crippen molar-refractivity contribution in [3.8, 4) is 0 Å². The zero-order chi connectivity index (χ0) is 15.0. The van der Waals surface area contributed by atoms with Crippen molar-refractivity contribution in [3.05, 3.63) is 35.1 Å². The minimum Gasteiger partial charge on any atom is -0.478 e. The van der Waals surface area contributed by atoms with E-state index in [0.29, 0.717) is 12.1 Å². The number of carbonyl (C=O) groups is 1. The van der Waals surface area contributed by atoms with Crippen molar-refractivity contribution >= 4 is 5.97 Å². The van der Waals surface area contributed by atoms with Crippen LogP contribution in [0.5, 0.6) is 0 Å². The third-order valence-electron chi connectivity index (χ3n) is 3.33. The molecule has 0 amide bonds. The van der Waals surface area contributed by atoms with E-state index in [0.717, 1.165) is 32.6 Å². The van der Waals surface area contributed by atoms with E-state index in [4.69, 9.17) is 5.11 Å². The number of rotatable bonds is 9.